The lowest BCUT2D eigenvalue weighted by molar-refractivity contribution is -0.159. The average molecular weight is 809 g/mol. The zero-order valence-corrected chi connectivity index (χ0v) is 31.9. The maximum Gasteiger partial charge on any atom is 0.414 e. The first-order valence-electron chi connectivity index (χ1n) is 18.7. The van der Waals surface area contributed by atoms with E-state index >= 15 is 4.39 Å². The largest absolute Gasteiger partial charge is 0.508 e. The Morgan fingerprint density at radius 1 is 0.737 bits per heavy atom. The quantitative estimate of drug-likeness (QED) is 0.0891. The Morgan fingerprint density at radius 2 is 1.35 bits per heavy atom. The molecule has 7 rings (SSSR count). The molecule has 14 nitrogen and oxygen atoms in total. The first-order chi connectivity index (χ1) is 27.3. The number of phenols is 1. The van der Waals surface area contributed by atoms with Crippen LogP contribution in [0.15, 0.2) is 60.7 Å². The number of nitrogens with zero attached hydrogens (tertiary/aromatic N) is 2. The van der Waals surface area contributed by atoms with Gasteiger partial charge in [-0.25, -0.2) is 23.6 Å². The maximum absolute atomic E-state index is 15.6. The average Bonchev–Trinajstić information content (AvgIpc) is 3.99. The topological polar surface area (TPSA) is 211 Å². The van der Waals surface area contributed by atoms with E-state index in [1.807, 2.05) is 24.3 Å². The highest BCUT2D eigenvalue weighted by molar-refractivity contribution is 7.22. The van der Waals surface area contributed by atoms with Crippen LogP contribution in [0.5, 0.6) is 17.2 Å². The summed E-state index contributed by atoms with van der Waals surface area (Å²) in [5.41, 5.74) is 1.65. The number of aliphatic carboxylic acids is 4. The number of carbonyl (C=O) groups is 5. The Hall–Kier alpha value is -5.58. The van der Waals surface area contributed by atoms with Crippen molar-refractivity contribution in [3.05, 3.63) is 77.6 Å². The van der Waals surface area contributed by atoms with Crippen molar-refractivity contribution < 1.29 is 63.4 Å². The van der Waals surface area contributed by atoms with E-state index < -0.39 is 29.7 Å². The van der Waals surface area contributed by atoms with E-state index in [2.05, 4.69) is 9.80 Å². The lowest BCUT2D eigenvalue weighted by Gasteiger charge is -2.37. The summed E-state index contributed by atoms with van der Waals surface area (Å²) in [6.45, 7) is 6.00. The predicted molar refractivity (Wildman–Crippen MR) is 208 cm³/mol. The summed E-state index contributed by atoms with van der Waals surface area (Å²) < 4.78 is 28.7. The standard InChI is InChI=1S/C37H41FN2O4S.2C2H2O4/c38-30-23-26(11-16-32(30)44-33-8-2-1-7-31(33)40-19-5-6-20-40)36(42)35-29-15-12-27(41)24-34(29)45-37(35)25-9-13-28(14-10-25)43-22-21-39-17-3-4-18-39;2*3-1(4)2(5)6/h9-16,23-24,31,33,41H,1-8,17-22H2;2*(H,3,4)(H,5,6)/t31-,33-;;/m1../s1. The van der Waals surface area contributed by atoms with E-state index in [0.29, 0.717) is 18.2 Å². The van der Waals surface area contributed by atoms with Crippen molar-refractivity contribution in [2.24, 2.45) is 0 Å². The first-order valence-corrected chi connectivity index (χ1v) is 19.5. The molecule has 1 aliphatic carbocycles. The number of fused-ring (bicyclic) bond motifs is 1. The summed E-state index contributed by atoms with van der Waals surface area (Å²) in [5.74, 6) is -6.93. The van der Waals surface area contributed by atoms with Gasteiger partial charge in [-0.1, -0.05) is 6.42 Å². The zero-order chi connectivity index (χ0) is 41.1. The van der Waals surface area contributed by atoms with Gasteiger partial charge in [-0.05, 0) is 137 Å². The van der Waals surface area contributed by atoms with Crippen LogP contribution in [0.25, 0.3) is 20.5 Å². The molecule has 0 unspecified atom stereocenters. The summed E-state index contributed by atoms with van der Waals surface area (Å²) in [6.07, 6.45) is 9.16. The third-order valence-electron chi connectivity index (χ3n) is 10.0. The molecule has 0 spiro atoms. The molecule has 3 heterocycles. The van der Waals surface area contributed by atoms with Crippen molar-refractivity contribution in [2.45, 2.75) is 63.5 Å². The minimum absolute atomic E-state index is 0.0415. The second kappa shape index (κ2) is 20.0. The third kappa shape index (κ3) is 11.5. The molecular weight excluding hydrogens is 764 g/mol. The van der Waals surface area contributed by atoms with Gasteiger partial charge in [-0.2, -0.15) is 0 Å². The van der Waals surface area contributed by atoms with Crippen LogP contribution >= 0.6 is 11.3 Å². The number of carboxylic acids is 4. The van der Waals surface area contributed by atoms with Crippen LogP contribution in [0.4, 0.5) is 4.39 Å². The second-order valence-corrected chi connectivity index (χ2v) is 14.9. The third-order valence-corrected chi connectivity index (χ3v) is 11.2. The summed E-state index contributed by atoms with van der Waals surface area (Å²) >= 11 is 1.45. The Kier molecular flexibility index (Phi) is 15.0. The molecule has 3 fully saturated rings. The highest BCUT2D eigenvalue weighted by Gasteiger charge is 2.34. The van der Waals surface area contributed by atoms with Crippen LogP contribution in [-0.4, -0.2) is 116 Å². The fraction of sp³-hybridized carbons (Fsp3) is 0.390. The normalized spacial score (nSPS) is 18.1. The highest BCUT2D eigenvalue weighted by Crippen LogP contribution is 2.42. The molecule has 0 radical (unpaired) electrons. The summed E-state index contributed by atoms with van der Waals surface area (Å²) in [6, 6.07) is 17.8. The predicted octanol–water partition coefficient (Wildman–Crippen LogP) is 6.22. The number of thiophene rings is 1. The van der Waals surface area contributed by atoms with Crippen molar-refractivity contribution in [3.63, 3.8) is 0 Å². The minimum atomic E-state index is -1.82. The molecule has 0 amide bonds. The van der Waals surface area contributed by atoms with Gasteiger partial charge in [-0.15, -0.1) is 11.3 Å². The number of aromatic hydroxyl groups is 1. The lowest BCUT2D eigenvalue weighted by Crippen LogP contribution is -2.46. The van der Waals surface area contributed by atoms with Crippen LogP contribution in [0, 0.1) is 5.82 Å². The van der Waals surface area contributed by atoms with E-state index in [1.165, 1.54) is 49.5 Å². The SMILES string of the molecule is O=C(O)C(=O)O.O=C(O)C(=O)O.O=C(c1ccc(O[C@@H]2CCCC[C@H]2N2CCCC2)c(F)c1)c1c(-c2ccc(OCCN3CCCC3)cc2)sc2cc(O)ccc12. The molecule has 2 atom stereocenters. The summed E-state index contributed by atoms with van der Waals surface area (Å²) in [7, 11) is 0. The summed E-state index contributed by atoms with van der Waals surface area (Å²) in [4.78, 5) is 56.2. The van der Waals surface area contributed by atoms with Crippen molar-refractivity contribution in [2.75, 3.05) is 39.3 Å². The van der Waals surface area contributed by atoms with Gasteiger partial charge in [0.1, 0.15) is 24.2 Å². The van der Waals surface area contributed by atoms with Gasteiger partial charge in [0.05, 0.1) is 0 Å². The van der Waals surface area contributed by atoms with E-state index in [1.54, 1.807) is 30.3 Å². The smallest absolute Gasteiger partial charge is 0.414 e. The molecule has 2 saturated heterocycles. The Bertz CT molecular complexity index is 2010. The van der Waals surface area contributed by atoms with Crippen LogP contribution in [0.3, 0.4) is 0 Å². The van der Waals surface area contributed by atoms with Gasteiger partial charge in [0.25, 0.3) is 0 Å². The van der Waals surface area contributed by atoms with Gasteiger partial charge in [-0.3, -0.25) is 14.6 Å². The van der Waals surface area contributed by atoms with Gasteiger partial charge < -0.3 is 35.0 Å². The molecule has 3 aliphatic rings. The molecule has 3 aromatic carbocycles. The van der Waals surface area contributed by atoms with E-state index in [4.69, 9.17) is 49.1 Å². The van der Waals surface area contributed by atoms with Gasteiger partial charge in [0.15, 0.2) is 17.3 Å². The van der Waals surface area contributed by atoms with Gasteiger partial charge >= 0.3 is 23.9 Å². The number of ketones is 1. The zero-order valence-electron chi connectivity index (χ0n) is 31.1. The molecule has 0 bridgehead atoms. The minimum Gasteiger partial charge on any atom is -0.508 e. The van der Waals surface area contributed by atoms with Crippen molar-refractivity contribution in [3.8, 4) is 27.7 Å². The fourth-order valence-corrected chi connectivity index (χ4v) is 8.50. The van der Waals surface area contributed by atoms with Crippen LogP contribution in [-0.2, 0) is 19.2 Å². The number of carboxylic acid groups (broad SMARTS) is 4. The second-order valence-electron chi connectivity index (χ2n) is 13.9. The number of carbonyl (C=O) groups excluding carboxylic acids is 1. The molecular formula is C41H45FN2O12S. The monoisotopic (exact) mass is 808 g/mol. The lowest BCUT2D eigenvalue weighted by atomic mass is 9.91. The van der Waals surface area contributed by atoms with E-state index in [0.717, 1.165) is 78.3 Å². The summed E-state index contributed by atoms with van der Waals surface area (Å²) in [5, 5.41) is 40.5. The van der Waals surface area contributed by atoms with Crippen LogP contribution in [0.1, 0.15) is 67.3 Å². The van der Waals surface area contributed by atoms with E-state index in [-0.39, 0.29) is 28.9 Å². The Balaban J connectivity index is 0.000000452. The fourth-order valence-electron chi connectivity index (χ4n) is 7.27. The number of hydrogen-bond donors (Lipinski definition) is 5. The maximum atomic E-state index is 15.6. The molecule has 2 aliphatic heterocycles. The number of ether oxygens (including phenoxy) is 2. The number of benzene rings is 3. The van der Waals surface area contributed by atoms with E-state index in [9.17, 15) is 9.90 Å². The number of rotatable bonds is 10. The highest BCUT2D eigenvalue weighted by atomic mass is 32.1. The van der Waals surface area contributed by atoms with Crippen molar-refractivity contribution in [1.29, 1.82) is 0 Å². The molecule has 4 aromatic rings. The number of hydrogen-bond acceptors (Lipinski definition) is 11. The molecule has 1 aromatic heterocycles. The van der Waals surface area contributed by atoms with Crippen molar-refractivity contribution >= 4 is 51.1 Å². The molecule has 1 saturated carbocycles. The number of phenolic OH excluding ortho intramolecular Hbond substituents is 1. The Labute approximate surface area is 331 Å². The Morgan fingerprint density at radius 3 is 1.96 bits per heavy atom. The molecule has 57 heavy (non-hydrogen) atoms. The van der Waals surface area contributed by atoms with Gasteiger partial charge in [0.2, 0.25) is 0 Å². The van der Waals surface area contributed by atoms with Crippen LogP contribution < -0.4 is 9.47 Å². The number of halogens is 1. The molecule has 5 N–H and O–H groups in total. The number of likely N-dealkylation sites (tertiary alicyclic amines) is 2. The first kappa shape index (κ1) is 42.6. The van der Waals surface area contributed by atoms with Crippen LogP contribution in [0.2, 0.25) is 0 Å². The molecule has 304 valence electrons. The van der Waals surface area contributed by atoms with Crippen molar-refractivity contribution in [1.82, 2.24) is 9.80 Å². The van der Waals surface area contributed by atoms with Gasteiger partial charge in [0, 0.05) is 38.7 Å². The molecule has 16 heteroatoms.